The molecule has 1 aromatic carbocycles. The lowest BCUT2D eigenvalue weighted by atomic mass is 10.2. The van der Waals surface area contributed by atoms with E-state index < -0.39 is 18.6 Å². The van der Waals surface area contributed by atoms with Crippen LogP contribution in [0, 0.1) is 0 Å². The Hall–Kier alpha value is -2.18. The fraction of sp³-hybridized carbons (Fsp3) is 0.308. The molecule has 0 atom stereocenters. The molecule has 0 bridgehead atoms. The van der Waals surface area contributed by atoms with Gasteiger partial charge in [0.2, 0.25) is 5.76 Å². The van der Waals surface area contributed by atoms with Crippen molar-refractivity contribution in [2.24, 2.45) is 0 Å². The summed E-state index contributed by atoms with van der Waals surface area (Å²) in [6.45, 7) is -0.308. The van der Waals surface area contributed by atoms with Crippen LogP contribution in [0.4, 0.5) is 18.9 Å². The summed E-state index contributed by atoms with van der Waals surface area (Å²) in [7, 11) is 0. The summed E-state index contributed by atoms with van der Waals surface area (Å²) in [5.74, 6) is -0.848. The van der Waals surface area contributed by atoms with E-state index in [4.69, 9.17) is 14.9 Å². The molecule has 0 aliphatic carbocycles. The number of anilines is 1. The van der Waals surface area contributed by atoms with Crippen LogP contribution >= 0.6 is 0 Å². The highest BCUT2D eigenvalue weighted by atomic mass is 19.4. The molecular formula is C13H12F3NO3. The molecule has 2 N–H and O–H groups in total. The second-order valence-electron chi connectivity index (χ2n) is 4.26. The summed E-state index contributed by atoms with van der Waals surface area (Å²) in [5, 5.41) is 0.632. The van der Waals surface area contributed by atoms with Gasteiger partial charge in [0.25, 0.3) is 0 Å². The van der Waals surface area contributed by atoms with Crippen LogP contribution in [-0.4, -0.2) is 18.8 Å². The first-order chi connectivity index (χ1) is 9.35. The Morgan fingerprint density at radius 3 is 2.75 bits per heavy atom. The number of furan rings is 1. The first-order valence-electron chi connectivity index (χ1n) is 5.88. The van der Waals surface area contributed by atoms with Crippen LogP contribution < -0.4 is 5.73 Å². The number of benzene rings is 1. The Labute approximate surface area is 112 Å². The number of fused-ring (bicyclic) bond motifs is 1. The fourth-order valence-corrected chi connectivity index (χ4v) is 1.67. The van der Waals surface area contributed by atoms with Gasteiger partial charge in [-0.15, -0.1) is 0 Å². The molecule has 0 saturated heterocycles. The number of nitrogen functional groups attached to an aromatic ring is 1. The fourth-order valence-electron chi connectivity index (χ4n) is 1.67. The van der Waals surface area contributed by atoms with Crippen LogP contribution in [0.3, 0.4) is 0 Å². The average molecular weight is 287 g/mol. The number of carbonyl (C=O) groups is 1. The average Bonchev–Trinajstić information content (AvgIpc) is 2.76. The molecule has 0 aliphatic rings. The van der Waals surface area contributed by atoms with Gasteiger partial charge < -0.3 is 14.9 Å². The molecule has 0 unspecified atom stereocenters. The molecule has 0 radical (unpaired) electrons. The standard InChI is InChI=1S/C13H12F3NO3/c14-13(15,16)4-1-5-19-12(18)11-7-8-6-9(17)2-3-10(8)20-11/h2-3,6-7H,1,4-5,17H2. The maximum Gasteiger partial charge on any atom is 0.389 e. The minimum Gasteiger partial charge on any atom is -0.460 e. The highest BCUT2D eigenvalue weighted by molar-refractivity contribution is 5.93. The molecule has 2 aromatic rings. The van der Waals surface area contributed by atoms with Crippen molar-refractivity contribution in [3.05, 3.63) is 30.0 Å². The van der Waals surface area contributed by atoms with Gasteiger partial charge in [0, 0.05) is 17.5 Å². The van der Waals surface area contributed by atoms with Crippen LogP contribution in [0.15, 0.2) is 28.7 Å². The van der Waals surface area contributed by atoms with Crippen LogP contribution in [0.1, 0.15) is 23.4 Å². The third kappa shape index (κ3) is 3.66. The Balaban J connectivity index is 1.94. The van der Waals surface area contributed by atoms with E-state index in [1.54, 1.807) is 18.2 Å². The molecule has 0 spiro atoms. The van der Waals surface area contributed by atoms with Gasteiger partial charge in [-0.1, -0.05) is 0 Å². The van der Waals surface area contributed by atoms with E-state index in [-0.39, 0.29) is 18.8 Å². The van der Waals surface area contributed by atoms with E-state index in [1.165, 1.54) is 6.07 Å². The van der Waals surface area contributed by atoms with Crippen LogP contribution in [0.25, 0.3) is 11.0 Å². The third-order valence-corrected chi connectivity index (χ3v) is 2.58. The van der Waals surface area contributed by atoms with Crippen LogP contribution in [0.2, 0.25) is 0 Å². The highest BCUT2D eigenvalue weighted by Crippen LogP contribution is 2.23. The lowest BCUT2D eigenvalue weighted by Crippen LogP contribution is -2.11. The molecule has 7 heteroatoms. The van der Waals surface area contributed by atoms with E-state index >= 15 is 0 Å². The van der Waals surface area contributed by atoms with Gasteiger partial charge in [-0.25, -0.2) is 4.79 Å². The Morgan fingerprint density at radius 2 is 2.05 bits per heavy atom. The normalized spacial score (nSPS) is 11.8. The van der Waals surface area contributed by atoms with E-state index in [0.717, 1.165) is 0 Å². The molecule has 0 aliphatic heterocycles. The number of nitrogens with two attached hydrogens (primary N) is 1. The smallest absolute Gasteiger partial charge is 0.389 e. The molecule has 0 saturated carbocycles. The first-order valence-corrected chi connectivity index (χ1v) is 5.88. The van der Waals surface area contributed by atoms with Crippen LogP contribution in [-0.2, 0) is 4.74 Å². The van der Waals surface area contributed by atoms with Crippen molar-refractivity contribution in [1.29, 1.82) is 0 Å². The second-order valence-corrected chi connectivity index (χ2v) is 4.26. The predicted octanol–water partition coefficient (Wildman–Crippen LogP) is 3.51. The van der Waals surface area contributed by atoms with Gasteiger partial charge in [0.05, 0.1) is 6.61 Å². The molecule has 2 rings (SSSR count). The number of hydrogen-bond donors (Lipinski definition) is 1. The molecule has 0 fully saturated rings. The van der Waals surface area contributed by atoms with Gasteiger partial charge in [0.1, 0.15) is 5.58 Å². The molecule has 108 valence electrons. The molecule has 1 heterocycles. The Morgan fingerprint density at radius 1 is 1.30 bits per heavy atom. The molecule has 0 amide bonds. The molecule has 20 heavy (non-hydrogen) atoms. The van der Waals surface area contributed by atoms with Gasteiger partial charge in [-0.2, -0.15) is 13.2 Å². The monoisotopic (exact) mass is 287 g/mol. The van der Waals surface area contributed by atoms with Gasteiger partial charge >= 0.3 is 12.1 Å². The zero-order valence-corrected chi connectivity index (χ0v) is 10.4. The molecular weight excluding hydrogens is 275 g/mol. The van der Waals surface area contributed by atoms with Gasteiger partial charge in [0.15, 0.2) is 0 Å². The number of carbonyl (C=O) groups excluding carboxylic acids is 1. The zero-order chi connectivity index (χ0) is 14.8. The number of rotatable bonds is 4. The van der Waals surface area contributed by atoms with Crippen molar-refractivity contribution in [3.63, 3.8) is 0 Å². The quantitative estimate of drug-likeness (QED) is 0.531. The zero-order valence-electron chi connectivity index (χ0n) is 10.4. The summed E-state index contributed by atoms with van der Waals surface area (Å²) < 4.78 is 45.7. The summed E-state index contributed by atoms with van der Waals surface area (Å²) in [4.78, 5) is 11.6. The Kier molecular flexibility index (Phi) is 3.87. The largest absolute Gasteiger partial charge is 0.460 e. The van der Waals surface area contributed by atoms with Crippen molar-refractivity contribution in [2.75, 3.05) is 12.3 Å². The van der Waals surface area contributed by atoms with Crippen molar-refractivity contribution in [1.82, 2.24) is 0 Å². The summed E-state index contributed by atoms with van der Waals surface area (Å²) >= 11 is 0. The molecule has 4 nitrogen and oxygen atoms in total. The van der Waals surface area contributed by atoms with E-state index in [0.29, 0.717) is 16.7 Å². The lowest BCUT2D eigenvalue weighted by Gasteiger charge is -2.05. The van der Waals surface area contributed by atoms with E-state index in [1.807, 2.05) is 0 Å². The number of ether oxygens (including phenoxy) is 1. The Bertz CT molecular complexity index is 619. The first kappa shape index (κ1) is 14.2. The van der Waals surface area contributed by atoms with Gasteiger partial charge in [-0.05, 0) is 30.7 Å². The number of alkyl halides is 3. The molecule has 1 aromatic heterocycles. The topological polar surface area (TPSA) is 65.5 Å². The number of hydrogen-bond acceptors (Lipinski definition) is 4. The highest BCUT2D eigenvalue weighted by Gasteiger charge is 2.26. The predicted molar refractivity (Wildman–Crippen MR) is 66.2 cm³/mol. The van der Waals surface area contributed by atoms with Crippen molar-refractivity contribution in [3.8, 4) is 0 Å². The van der Waals surface area contributed by atoms with Gasteiger partial charge in [-0.3, -0.25) is 0 Å². The van der Waals surface area contributed by atoms with Crippen LogP contribution in [0.5, 0.6) is 0 Å². The minimum atomic E-state index is -4.25. The maximum atomic E-state index is 11.9. The van der Waals surface area contributed by atoms with Crippen molar-refractivity contribution in [2.45, 2.75) is 19.0 Å². The van der Waals surface area contributed by atoms with E-state index in [2.05, 4.69) is 0 Å². The lowest BCUT2D eigenvalue weighted by molar-refractivity contribution is -0.137. The summed E-state index contributed by atoms with van der Waals surface area (Å²) in [6.07, 6.45) is -5.51. The maximum absolute atomic E-state index is 11.9. The summed E-state index contributed by atoms with van der Waals surface area (Å²) in [5.41, 5.74) is 6.56. The van der Waals surface area contributed by atoms with E-state index in [9.17, 15) is 18.0 Å². The number of halogens is 3. The minimum absolute atomic E-state index is 0.0578. The summed E-state index contributed by atoms with van der Waals surface area (Å²) in [6, 6.07) is 6.28. The van der Waals surface area contributed by atoms with Crippen molar-refractivity contribution >= 4 is 22.6 Å². The third-order valence-electron chi connectivity index (χ3n) is 2.58. The van der Waals surface area contributed by atoms with Crippen molar-refractivity contribution < 1.29 is 27.1 Å². The number of esters is 1. The second kappa shape index (κ2) is 5.44. The SMILES string of the molecule is Nc1ccc2oc(C(=O)OCCCC(F)(F)F)cc2c1.